The largest absolute Gasteiger partial charge is 0.368 e. The molecule has 1 N–H and O–H groups in total. The van der Waals surface area contributed by atoms with Crippen LogP contribution < -0.4 is 5.32 Å². The number of rotatable bonds is 0. The monoisotopic (exact) mass is 236 g/mol. The smallest absolute Gasteiger partial charge is 0.183 e. The van der Waals surface area contributed by atoms with Crippen molar-refractivity contribution in [2.75, 3.05) is 11.1 Å². The second-order valence-corrected chi connectivity index (χ2v) is 6.07. The van der Waals surface area contributed by atoms with Crippen LogP contribution in [-0.4, -0.2) is 20.2 Å². The van der Waals surface area contributed by atoms with Crippen molar-refractivity contribution in [2.24, 2.45) is 0 Å². The molecule has 1 aromatic carbocycles. The van der Waals surface area contributed by atoms with Crippen LogP contribution >= 0.6 is 0 Å². The van der Waals surface area contributed by atoms with E-state index < -0.39 is 15.9 Å². The minimum absolute atomic E-state index is 0.153. The second kappa shape index (κ2) is 3.49. The van der Waals surface area contributed by atoms with Crippen LogP contribution in [0.15, 0.2) is 17.0 Å². The highest BCUT2D eigenvalue weighted by atomic mass is 32.2. The highest BCUT2D eigenvalue weighted by Gasteiger charge is 2.30. The molecule has 4 nitrogen and oxygen atoms in total. The molecule has 0 radical (unpaired) electrons. The molecule has 1 heterocycles. The zero-order valence-electron chi connectivity index (χ0n) is 9.11. The Morgan fingerprint density at radius 3 is 2.75 bits per heavy atom. The Kier molecular flexibility index (Phi) is 2.39. The molecule has 0 aliphatic carbocycles. The highest BCUT2D eigenvalue weighted by Crippen LogP contribution is 2.32. The molecule has 1 unspecified atom stereocenters. The van der Waals surface area contributed by atoms with E-state index in [0.29, 0.717) is 10.6 Å². The molecule has 0 saturated carbocycles. The molecule has 84 valence electrons. The zero-order chi connectivity index (χ0) is 11.9. The van der Waals surface area contributed by atoms with Crippen LogP contribution in [0.25, 0.3) is 0 Å². The van der Waals surface area contributed by atoms with Crippen LogP contribution in [-0.2, 0) is 9.84 Å². The molecule has 16 heavy (non-hydrogen) atoms. The second-order valence-electron chi connectivity index (χ2n) is 4.06. The van der Waals surface area contributed by atoms with E-state index in [4.69, 9.17) is 5.26 Å². The van der Waals surface area contributed by atoms with Gasteiger partial charge in [-0.3, -0.25) is 0 Å². The molecule has 5 heteroatoms. The van der Waals surface area contributed by atoms with Gasteiger partial charge in [0.05, 0.1) is 22.4 Å². The van der Waals surface area contributed by atoms with Gasteiger partial charge in [0, 0.05) is 0 Å². The predicted octanol–water partition coefficient (Wildman–Crippen LogP) is 1.39. The number of hydrogen-bond donors (Lipinski definition) is 1. The summed E-state index contributed by atoms with van der Waals surface area (Å²) >= 11 is 0. The van der Waals surface area contributed by atoms with Gasteiger partial charge >= 0.3 is 0 Å². The summed E-state index contributed by atoms with van der Waals surface area (Å²) in [5.41, 5.74) is 2.35. The van der Waals surface area contributed by atoms with Crippen LogP contribution in [0.5, 0.6) is 0 Å². The maximum Gasteiger partial charge on any atom is 0.183 e. The number of anilines is 1. The third-order valence-electron chi connectivity index (χ3n) is 2.64. The van der Waals surface area contributed by atoms with Crippen molar-refractivity contribution in [2.45, 2.75) is 24.8 Å². The van der Waals surface area contributed by atoms with Crippen LogP contribution in [0.2, 0.25) is 0 Å². The van der Waals surface area contributed by atoms with E-state index in [0.717, 1.165) is 11.1 Å². The van der Waals surface area contributed by atoms with Gasteiger partial charge < -0.3 is 5.32 Å². The average Bonchev–Trinajstić information content (AvgIpc) is 2.18. The van der Waals surface area contributed by atoms with Crippen LogP contribution in [0.1, 0.15) is 11.1 Å². The molecule has 0 aromatic heterocycles. The first-order valence-corrected chi connectivity index (χ1v) is 6.59. The Morgan fingerprint density at radius 1 is 1.44 bits per heavy atom. The Morgan fingerprint density at radius 2 is 2.12 bits per heavy atom. The van der Waals surface area contributed by atoms with Crippen LogP contribution in [0.4, 0.5) is 5.69 Å². The van der Waals surface area contributed by atoms with Crippen molar-refractivity contribution in [3.05, 3.63) is 23.3 Å². The van der Waals surface area contributed by atoms with E-state index in [-0.39, 0.29) is 5.75 Å². The number of nitriles is 1. The van der Waals surface area contributed by atoms with Gasteiger partial charge in [0.2, 0.25) is 0 Å². The SMILES string of the molecule is Cc1cc(C)c2c(c1)S(=O)(=O)CC(C#N)N2. The number of fused-ring (bicyclic) bond motifs is 1. The molecular formula is C11H12N2O2S. The number of sulfone groups is 1. The Bertz CT molecular complexity index is 585. The minimum atomic E-state index is -3.33. The first-order chi connectivity index (χ1) is 7.44. The number of nitrogens with one attached hydrogen (secondary N) is 1. The summed E-state index contributed by atoms with van der Waals surface area (Å²) in [6.45, 7) is 3.70. The van der Waals surface area contributed by atoms with Crippen molar-refractivity contribution in [3.63, 3.8) is 0 Å². The van der Waals surface area contributed by atoms with Crippen molar-refractivity contribution < 1.29 is 8.42 Å². The predicted molar refractivity (Wildman–Crippen MR) is 61.0 cm³/mol. The summed E-state index contributed by atoms with van der Waals surface area (Å²) in [5, 5.41) is 11.8. The van der Waals surface area contributed by atoms with Gasteiger partial charge in [0.25, 0.3) is 0 Å². The van der Waals surface area contributed by atoms with E-state index >= 15 is 0 Å². The van der Waals surface area contributed by atoms with Gasteiger partial charge in [-0.15, -0.1) is 0 Å². The quantitative estimate of drug-likeness (QED) is 0.739. The molecule has 1 aromatic rings. The molecule has 0 saturated heterocycles. The summed E-state index contributed by atoms with van der Waals surface area (Å²) < 4.78 is 23.9. The first-order valence-electron chi connectivity index (χ1n) is 4.94. The Hall–Kier alpha value is -1.54. The summed E-state index contributed by atoms with van der Waals surface area (Å²) in [6.07, 6.45) is 0. The van der Waals surface area contributed by atoms with Gasteiger partial charge in [-0.05, 0) is 31.0 Å². The lowest BCUT2D eigenvalue weighted by Gasteiger charge is -2.24. The van der Waals surface area contributed by atoms with E-state index in [9.17, 15) is 8.42 Å². The topological polar surface area (TPSA) is 70.0 Å². The van der Waals surface area contributed by atoms with E-state index in [1.54, 1.807) is 6.07 Å². The van der Waals surface area contributed by atoms with Gasteiger partial charge in [-0.1, -0.05) is 6.07 Å². The van der Waals surface area contributed by atoms with Gasteiger partial charge in [-0.2, -0.15) is 5.26 Å². The lowest BCUT2D eigenvalue weighted by atomic mass is 10.1. The number of nitrogens with zero attached hydrogens (tertiary/aromatic N) is 1. The number of aryl methyl sites for hydroxylation is 2. The highest BCUT2D eigenvalue weighted by molar-refractivity contribution is 7.91. The average molecular weight is 236 g/mol. The minimum Gasteiger partial charge on any atom is -0.368 e. The standard InChI is InChI=1S/C11H12N2O2S/c1-7-3-8(2)11-10(4-7)16(14,15)6-9(5-12)13-11/h3-4,9,13H,6H2,1-2H3. The molecule has 1 aliphatic heterocycles. The van der Waals surface area contributed by atoms with Crippen molar-refractivity contribution >= 4 is 15.5 Å². The van der Waals surface area contributed by atoms with Crippen molar-refractivity contribution in [1.29, 1.82) is 5.26 Å². The third-order valence-corrected chi connectivity index (χ3v) is 4.40. The fraction of sp³-hybridized carbons (Fsp3) is 0.364. The summed E-state index contributed by atoms with van der Waals surface area (Å²) in [5.74, 6) is -0.153. The molecule has 0 spiro atoms. The lowest BCUT2D eigenvalue weighted by Crippen LogP contribution is -2.33. The molecule has 0 bridgehead atoms. The fourth-order valence-electron chi connectivity index (χ4n) is 1.95. The van der Waals surface area contributed by atoms with Crippen LogP contribution in [0.3, 0.4) is 0 Å². The molecule has 1 aliphatic rings. The van der Waals surface area contributed by atoms with Gasteiger partial charge in [0.1, 0.15) is 6.04 Å². The number of benzene rings is 1. The fourth-order valence-corrected chi connectivity index (χ4v) is 3.63. The summed E-state index contributed by atoms with van der Waals surface area (Å²) in [4.78, 5) is 0.316. The molecular weight excluding hydrogens is 224 g/mol. The Labute approximate surface area is 94.8 Å². The van der Waals surface area contributed by atoms with Crippen molar-refractivity contribution in [3.8, 4) is 6.07 Å². The summed E-state index contributed by atoms with van der Waals surface area (Å²) in [7, 11) is -3.33. The van der Waals surface area contributed by atoms with Gasteiger partial charge in [0.15, 0.2) is 9.84 Å². The van der Waals surface area contributed by atoms with Crippen molar-refractivity contribution in [1.82, 2.24) is 0 Å². The normalized spacial score (nSPS) is 21.7. The first kappa shape index (κ1) is 11.0. The van der Waals surface area contributed by atoms with E-state index in [2.05, 4.69) is 5.32 Å². The molecule has 0 amide bonds. The van der Waals surface area contributed by atoms with E-state index in [1.807, 2.05) is 26.0 Å². The third kappa shape index (κ3) is 1.65. The Balaban J connectivity index is 2.70. The maximum atomic E-state index is 12.0. The van der Waals surface area contributed by atoms with Gasteiger partial charge in [-0.25, -0.2) is 8.42 Å². The molecule has 2 rings (SSSR count). The van der Waals surface area contributed by atoms with Crippen LogP contribution in [0, 0.1) is 25.2 Å². The zero-order valence-corrected chi connectivity index (χ0v) is 9.93. The molecule has 1 atom stereocenters. The summed E-state index contributed by atoms with van der Waals surface area (Å²) in [6, 6.07) is 4.85. The number of hydrogen-bond acceptors (Lipinski definition) is 4. The lowest BCUT2D eigenvalue weighted by molar-refractivity contribution is 0.591. The maximum absolute atomic E-state index is 12.0. The van der Waals surface area contributed by atoms with E-state index in [1.165, 1.54) is 0 Å². The molecule has 0 fully saturated rings.